The van der Waals surface area contributed by atoms with Crippen molar-refractivity contribution in [2.45, 2.75) is 77.9 Å². The van der Waals surface area contributed by atoms with Crippen molar-refractivity contribution < 1.29 is 26.9 Å². The van der Waals surface area contributed by atoms with Gasteiger partial charge in [-0.15, -0.1) is 11.3 Å². The second kappa shape index (κ2) is 9.16. The minimum Gasteiger partial charge on any atom is -0.398 e. The van der Waals surface area contributed by atoms with E-state index in [4.69, 9.17) is 14.3 Å². The van der Waals surface area contributed by atoms with Crippen molar-refractivity contribution in [2.75, 3.05) is 17.8 Å². The lowest BCUT2D eigenvalue weighted by Gasteiger charge is -2.33. The third-order valence-corrected chi connectivity index (χ3v) is 10.00. The average molecular weight is 537 g/mol. The van der Waals surface area contributed by atoms with Crippen LogP contribution in [0.3, 0.4) is 0 Å². The van der Waals surface area contributed by atoms with E-state index in [0.717, 1.165) is 17.8 Å². The van der Waals surface area contributed by atoms with Gasteiger partial charge in [0, 0.05) is 24.1 Å². The minimum atomic E-state index is -3.88. The van der Waals surface area contributed by atoms with Crippen LogP contribution in [0.15, 0.2) is 18.2 Å². The highest BCUT2D eigenvalue weighted by atomic mass is 32.2. The number of halogens is 1. The zero-order chi connectivity index (χ0) is 26.7. The molecular weight excluding hydrogens is 504 g/mol. The summed E-state index contributed by atoms with van der Waals surface area (Å²) in [4.78, 5) is 17.2. The van der Waals surface area contributed by atoms with Crippen LogP contribution in [0.5, 0.6) is 0 Å². The molecule has 2 saturated heterocycles. The van der Waals surface area contributed by atoms with Gasteiger partial charge in [0.15, 0.2) is 11.6 Å². The number of carbonyl (C=O) groups is 1. The number of rotatable bonds is 6. The zero-order valence-corrected chi connectivity index (χ0v) is 23.4. The van der Waals surface area contributed by atoms with E-state index in [1.54, 1.807) is 32.9 Å². The maximum atomic E-state index is 15.9. The Bertz CT molecular complexity index is 1290. The van der Waals surface area contributed by atoms with Crippen LogP contribution in [0.25, 0.3) is 11.3 Å². The highest BCUT2D eigenvalue weighted by Gasteiger charge is 2.58. The van der Waals surface area contributed by atoms with Crippen molar-refractivity contribution in [1.82, 2.24) is 9.29 Å². The third-order valence-electron chi connectivity index (χ3n) is 6.97. The summed E-state index contributed by atoms with van der Waals surface area (Å²) in [5.74, 6) is -0.916. The van der Waals surface area contributed by atoms with E-state index >= 15 is 4.39 Å². The van der Waals surface area contributed by atoms with Crippen molar-refractivity contribution in [3.8, 4) is 11.3 Å². The van der Waals surface area contributed by atoms with Crippen molar-refractivity contribution in [3.63, 3.8) is 0 Å². The van der Waals surface area contributed by atoms with Crippen LogP contribution in [0, 0.1) is 5.82 Å². The first-order valence-electron chi connectivity index (χ1n) is 12.0. The molecule has 0 aliphatic carbocycles. The second-order valence-electron chi connectivity index (χ2n) is 11.0. The maximum Gasteiger partial charge on any atom is 0.508 e. The summed E-state index contributed by atoms with van der Waals surface area (Å²) in [6, 6.07) is 4.53. The lowest BCUT2D eigenvalue weighted by molar-refractivity contribution is -0.137. The van der Waals surface area contributed by atoms with E-state index < -0.39 is 34.3 Å². The summed E-state index contributed by atoms with van der Waals surface area (Å²) in [5.41, 5.74) is -2.21. The SMILES string of the molecule is CC(=O)C1(C)OB(c2sc(C(C)(C)C)nc2-c2cccc(NS(=O)(=O)N3CCCC3)c2F)OC1(C)C. The standard InChI is InChI=1S/C24H33BFN3O5S2/c1-15(30)24(7)23(5,6)33-25(34-24)20-19(27-21(35-20)22(2,3)4)16-11-10-12-17(18(16)26)28-36(31,32)29-13-8-9-14-29/h10-12,28H,8-9,13-14H2,1-7H3. The van der Waals surface area contributed by atoms with Gasteiger partial charge in [-0.2, -0.15) is 12.7 Å². The maximum absolute atomic E-state index is 15.9. The van der Waals surface area contributed by atoms with Gasteiger partial charge in [0.25, 0.3) is 0 Å². The first-order valence-corrected chi connectivity index (χ1v) is 14.3. The fourth-order valence-electron chi connectivity index (χ4n) is 4.31. The minimum absolute atomic E-state index is 0.125. The van der Waals surface area contributed by atoms with Crippen molar-refractivity contribution in [3.05, 3.63) is 29.0 Å². The zero-order valence-electron chi connectivity index (χ0n) is 21.8. The van der Waals surface area contributed by atoms with E-state index in [9.17, 15) is 13.2 Å². The Morgan fingerprint density at radius 2 is 1.83 bits per heavy atom. The summed E-state index contributed by atoms with van der Waals surface area (Å²) >= 11 is 1.33. The Balaban J connectivity index is 1.79. The molecule has 1 unspecified atom stereocenters. The molecule has 1 aromatic carbocycles. The van der Waals surface area contributed by atoms with Gasteiger partial charge < -0.3 is 9.31 Å². The molecule has 0 bridgehead atoms. The molecule has 1 aromatic heterocycles. The average Bonchev–Trinajstić information content (AvgIpc) is 3.48. The molecule has 8 nitrogen and oxygen atoms in total. The number of aromatic nitrogens is 1. The number of thiazole rings is 1. The molecule has 0 amide bonds. The molecule has 1 atom stereocenters. The molecule has 0 radical (unpaired) electrons. The van der Waals surface area contributed by atoms with Crippen molar-refractivity contribution >= 4 is 44.9 Å². The van der Waals surface area contributed by atoms with Crippen LogP contribution in [-0.2, 0) is 29.7 Å². The number of ketones is 1. The summed E-state index contributed by atoms with van der Waals surface area (Å²) < 4.78 is 58.0. The first-order chi connectivity index (χ1) is 16.6. The quantitative estimate of drug-likeness (QED) is 0.562. The molecule has 2 aliphatic heterocycles. The monoisotopic (exact) mass is 537 g/mol. The molecule has 2 aromatic rings. The molecule has 196 valence electrons. The number of anilines is 1. The van der Waals surface area contributed by atoms with Gasteiger partial charge in [-0.25, -0.2) is 9.37 Å². The first kappa shape index (κ1) is 27.2. The predicted octanol–water partition coefficient (Wildman–Crippen LogP) is 3.87. The van der Waals surface area contributed by atoms with Crippen LogP contribution in [0.1, 0.15) is 66.3 Å². The fraction of sp³-hybridized carbons (Fsp3) is 0.583. The summed E-state index contributed by atoms with van der Waals surface area (Å²) in [6.07, 6.45) is 1.55. The van der Waals surface area contributed by atoms with Crippen molar-refractivity contribution in [2.24, 2.45) is 0 Å². The predicted molar refractivity (Wildman–Crippen MR) is 140 cm³/mol. The Labute approximate surface area is 216 Å². The number of Topliss-reactive ketones (excluding diaryl/α,β-unsaturated/α-hetero) is 1. The van der Waals surface area contributed by atoms with E-state index in [-0.39, 0.29) is 22.4 Å². The molecule has 36 heavy (non-hydrogen) atoms. The molecule has 1 N–H and O–H groups in total. The third kappa shape index (κ3) is 4.74. The molecule has 3 heterocycles. The molecule has 4 rings (SSSR count). The molecular formula is C24H33BFN3O5S2. The van der Waals surface area contributed by atoms with Gasteiger partial charge in [-0.3, -0.25) is 9.52 Å². The summed E-state index contributed by atoms with van der Waals surface area (Å²) in [7, 11) is -4.82. The topological polar surface area (TPSA) is 97.8 Å². The molecule has 0 spiro atoms. The second-order valence-corrected chi connectivity index (χ2v) is 13.7. The largest absolute Gasteiger partial charge is 0.508 e. The van der Waals surface area contributed by atoms with Gasteiger partial charge in [-0.1, -0.05) is 26.8 Å². The van der Waals surface area contributed by atoms with E-state index in [2.05, 4.69) is 4.72 Å². The summed E-state index contributed by atoms with van der Waals surface area (Å²) in [6.45, 7) is 13.5. The Morgan fingerprint density at radius 3 is 2.39 bits per heavy atom. The van der Waals surface area contributed by atoms with Crippen LogP contribution in [0.2, 0.25) is 0 Å². The number of carbonyl (C=O) groups excluding carboxylic acids is 1. The summed E-state index contributed by atoms with van der Waals surface area (Å²) in [5, 5.41) is 0.733. The number of hydrogen-bond acceptors (Lipinski definition) is 7. The molecule has 2 fully saturated rings. The number of nitrogens with one attached hydrogen (secondary N) is 1. The van der Waals surface area contributed by atoms with E-state index in [0.29, 0.717) is 23.6 Å². The normalized spacial score (nSPS) is 22.8. The van der Waals surface area contributed by atoms with Crippen molar-refractivity contribution in [1.29, 1.82) is 0 Å². The van der Waals surface area contributed by atoms with Gasteiger partial charge in [0.2, 0.25) is 0 Å². The van der Waals surface area contributed by atoms with Crippen LogP contribution >= 0.6 is 11.3 Å². The van der Waals surface area contributed by atoms with Crippen LogP contribution in [0.4, 0.5) is 10.1 Å². The lowest BCUT2D eigenvalue weighted by Crippen LogP contribution is -2.50. The van der Waals surface area contributed by atoms with E-state index in [1.165, 1.54) is 28.6 Å². The fourth-order valence-corrected chi connectivity index (χ4v) is 6.70. The smallest absolute Gasteiger partial charge is 0.398 e. The van der Waals surface area contributed by atoms with Gasteiger partial charge >= 0.3 is 17.3 Å². The Kier molecular flexibility index (Phi) is 6.92. The van der Waals surface area contributed by atoms with Gasteiger partial charge in [-0.05, 0) is 52.7 Å². The number of benzene rings is 1. The van der Waals surface area contributed by atoms with Gasteiger partial charge in [0.05, 0.1) is 26.8 Å². The molecule has 12 heteroatoms. The van der Waals surface area contributed by atoms with Crippen LogP contribution < -0.4 is 9.50 Å². The number of hydrogen-bond donors (Lipinski definition) is 1. The number of nitrogens with zero attached hydrogens (tertiary/aromatic N) is 2. The highest BCUT2D eigenvalue weighted by Crippen LogP contribution is 2.40. The molecule has 0 saturated carbocycles. The lowest BCUT2D eigenvalue weighted by atomic mass is 9.84. The van der Waals surface area contributed by atoms with Crippen LogP contribution in [-0.4, -0.2) is 54.9 Å². The van der Waals surface area contributed by atoms with E-state index in [1.807, 2.05) is 20.8 Å². The Hall–Kier alpha value is -1.86. The van der Waals surface area contributed by atoms with Gasteiger partial charge in [0.1, 0.15) is 5.60 Å². The highest BCUT2D eigenvalue weighted by molar-refractivity contribution is 7.90. The Morgan fingerprint density at radius 1 is 1.19 bits per heavy atom. The molecule has 2 aliphatic rings.